The molecule has 0 radical (unpaired) electrons. The fourth-order valence-corrected chi connectivity index (χ4v) is 6.24. The van der Waals surface area contributed by atoms with Crippen LogP contribution in [0.4, 0.5) is 26.3 Å². The van der Waals surface area contributed by atoms with E-state index in [1.807, 2.05) is 0 Å². The van der Waals surface area contributed by atoms with E-state index in [0.29, 0.717) is 17.5 Å². The van der Waals surface area contributed by atoms with Crippen molar-refractivity contribution < 1.29 is 31.1 Å². The van der Waals surface area contributed by atoms with Crippen molar-refractivity contribution in [3.05, 3.63) is 53.3 Å². The molecule has 2 aliphatic rings. The maximum Gasteiger partial charge on any atom is 0.573 e. The summed E-state index contributed by atoms with van der Waals surface area (Å²) in [6.45, 7) is 2.35. The summed E-state index contributed by atoms with van der Waals surface area (Å²) in [4.78, 5) is 0. The summed E-state index contributed by atoms with van der Waals surface area (Å²) < 4.78 is 84.7. The van der Waals surface area contributed by atoms with Gasteiger partial charge >= 0.3 is 6.36 Å². The number of benzene rings is 2. The van der Waals surface area contributed by atoms with Gasteiger partial charge in [-0.15, -0.1) is 13.2 Å². The molecule has 0 amide bonds. The van der Waals surface area contributed by atoms with Crippen LogP contribution in [-0.2, 0) is 0 Å². The first-order valence-corrected chi connectivity index (χ1v) is 13.6. The largest absolute Gasteiger partial charge is 0.573 e. The fraction of sp³-hybridized carbons (Fsp3) is 0.600. The number of halogens is 6. The van der Waals surface area contributed by atoms with Crippen molar-refractivity contribution in [1.29, 1.82) is 0 Å². The Morgan fingerprint density at radius 2 is 1.27 bits per heavy atom. The number of rotatable bonds is 8. The molecular weight excluding hydrogens is 490 g/mol. The first-order valence-electron chi connectivity index (χ1n) is 13.6. The molecule has 2 aromatic carbocycles. The van der Waals surface area contributed by atoms with Crippen molar-refractivity contribution in [2.45, 2.75) is 96.3 Å². The van der Waals surface area contributed by atoms with Gasteiger partial charge in [0, 0.05) is 0 Å². The van der Waals surface area contributed by atoms with Crippen LogP contribution in [0, 0.1) is 35.2 Å². The minimum Gasteiger partial charge on any atom is -0.403 e. The Bertz CT molecular complexity index is 1010. The second kappa shape index (κ2) is 12.1. The van der Waals surface area contributed by atoms with Gasteiger partial charge < -0.3 is 4.74 Å². The predicted molar refractivity (Wildman–Crippen MR) is 133 cm³/mol. The zero-order valence-corrected chi connectivity index (χ0v) is 21.4. The zero-order chi connectivity index (χ0) is 26.6. The van der Waals surface area contributed by atoms with E-state index in [1.54, 1.807) is 0 Å². The lowest BCUT2D eigenvalue weighted by atomic mass is 9.76. The molecule has 204 valence electrons. The Morgan fingerprint density at radius 1 is 0.730 bits per heavy atom. The van der Waals surface area contributed by atoms with E-state index in [-0.39, 0.29) is 11.5 Å². The number of alkyl halides is 3. The van der Waals surface area contributed by atoms with E-state index in [2.05, 4.69) is 11.7 Å². The van der Waals surface area contributed by atoms with Crippen LogP contribution in [0.25, 0.3) is 11.1 Å². The van der Waals surface area contributed by atoms with Gasteiger partial charge in [-0.1, -0.05) is 64.4 Å². The van der Waals surface area contributed by atoms with E-state index >= 15 is 0 Å². The average molecular weight is 527 g/mol. The quantitative estimate of drug-likeness (QED) is 0.246. The summed E-state index contributed by atoms with van der Waals surface area (Å²) in [5.74, 6) is -1.56. The third kappa shape index (κ3) is 7.67. The fourth-order valence-electron chi connectivity index (χ4n) is 6.24. The molecule has 2 aromatic rings. The second-order valence-corrected chi connectivity index (χ2v) is 11.2. The molecule has 0 aliphatic heterocycles. The SMILES string of the molecule is CC1CCC(CCCCC2CCC(c3cc(F)c(-c4ccc(OC(F)(F)F)c(F)c4)c(F)c3)CC2)CC1. The Balaban J connectivity index is 1.29. The molecule has 2 saturated carbocycles. The van der Waals surface area contributed by atoms with Gasteiger partial charge in [0.05, 0.1) is 5.56 Å². The zero-order valence-electron chi connectivity index (χ0n) is 21.4. The van der Waals surface area contributed by atoms with Crippen molar-refractivity contribution in [2.75, 3.05) is 0 Å². The van der Waals surface area contributed by atoms with Gasteiger partial charge in [-0.2, -0.15) is 0 Å². The van der Waals surface area contributed by atoms with Crippen LogP contribution < -0.4 is 4.74 Å². The molecule has 2 fully saturated rings. The minimum atomic E-state index is -5.06. The summed E-state index contributed by atoms with van der Waals surface area (Å²) in [5, 5.41) is 0. The molecule has 0 atom stereocenters. The van der Waals surface area contributed by atoms with Crippen molar-refractivity contribution in [3.63, 3.8) is 0 Å². The molecule has 0 N–H and O–H groups in total. The monoisotopic (exact) mass is 526 g/mol. The Kier molecular flexibility index (Phi) is 9.12. The molecule has 7 heteroatoms. The molecule has 0 bridgehead atoms. The van der Waals surface area contributed by atoms with Gasteiger partial charge in [-0.05, 0) is 84.7 Å². The summed E-state index contributed by atoms with van der Waals surface area (Å²) in [5.41, 5.74) is -0.0523. The topological polar surface area (TPSA) is 9.23 Å². The first kappa shape index (κ1) is 27.8. The van der Waals surface area contributed by atoms with Crippen LogP contribution in [0.2, 0.25) is 0 Å². The summed E-state index contributed by atoms with van der Waals surface area (Å²) in [6, 6.07) is 4.97. The molecular formula is C30H36F6O. The van der Waals surface area contributed by atoms with E-state index in [9.17, 15) is 26.3 Å². The molecule has 0 aromatic heterocycles. The smallest absolute Gasteiger partial charge is 0.403 e. The number of ether oxygens (including phenoxy) is 1. The summed E-state index contributed by atoms with van der Waals surface area (Å²) in [7, 11) is 0. The maximum atomic E-state index is 14.9. The van der Waals surface area contributed by atoms with Gasteiger partial charge in [0.1, 0.15) is 11.6 Å². The highest BCUT2D eigenvalue weighted by atomic mass is 19.4. The van der Waals surface area contributed by atoms with Gasteiger partial charge in [0.2, 0.25) is 0 Å². The van der Waals surface area contributed by atoms with Crippen molar-refractivity contribution in [2.24, 2.45) is 17.8 Å². The Labute approximate surface area is 215 Å². The highest BCUT2D eigenvalue weighted by Crippen LogP contribution is 2.40. The molecule has 37 heavy (non-hydrogen) atoms. The van der Waals surface area contributed by atoms with Gasteiger partial charge in [0.15, 0.2) is 11.6 Å². The standard InChI is InChI=1S/C30H36F6O/c1-19-6-8-20(9-7-19)4-2-3-5-21-10-12-22(13-11-21)24-17-26(32)29(27(33)18-24)23-14-15-28(25(31)16-23)37-30(34,35)36/h14-22H,2-13H2,1H3. The van der Waals surface area contributed by atoms with Crippen LogP contribution in [-0.4, -0.2) is 6.36 Å². The normalized spacial score (nSPS) is 24.7. The van der Waals surface area contributed by atoms with Gasteiger partial charge in [-0.3, -0.25) is 0 Å². The number of hydrogen-bond donors (Lipinski definition) is 0. The minimum absolute atomic E-state index is 0.0674. The average Bonchev–Trinajstić information content (AvgIpc) is 2.84. The van der Waals surface area contributed by atoms with Crippen molar-refractivity contribution >= 4 is 0 Å². The molecule has 4 rings (SSSR count). The molecule has 0 saturated heterocycles. The molecule has 0 spiro atoms. The highest BCUT2D eigenvalue weighted by Gasteiger charge is 2.32. The van der Waals surface area contributed by atoms with Gasteiger partial charge in [0.25, 0.3) is 0 Å². The third-order valence-corrected chi connectivity index (χ3v) is 8.44. The van der Waals surface area contributed by atoms with Crippen LogP contribution in [0.15, 0.2) is 30.3 Å². The highest BCUT2D eigenvalue weighted by molar-refractivity contribution is 5.66. The first-order chi connectivity index (χ1) is 17.6. The Hall–Kier alpha value is -2.18. The van der Waals surface area contributed by atoms with E-state index < -0.39 is 35.1 Å². The van der Waals surface area contributed by atoms with Crippen LogP contribution >= 0.6 is 0 Å². The van der Waals surface area contributed by atoms with Crippen molar-refractivity contribution in [3.8, 4) is 16.9 Å². The van der Waals surface area contributed by atoms with E-state index in [1.165, 1.54) is 63.5 Å². The van der Waals surface area contributed by atoms with E-state index in [4.69, 9.17) is 0 Å². The summed E-state index contributed by atoms with van der Waals surface area (Å²) >= 11 is 0. The predicted octanol–water partition coefficient (Wildman–Crippen LogP) is 10.3. The molecule has 1 nitrogen and oxygen atoms in total. The third-order valence-electron chi connectivity index (χ3n) is 8.44. The maximum absolute atomic E-state index is 14.9. The molecule has 0 heterocycles. The summed E-state index contributed by atoms with van der Waals surface area (Å²) in [6.07, 6.45) is 9.39. The number of unbranched alkanes of at least 4 members (excludes halogenated alkanes) is 1. The second-order valence-electron chi connectivity index (χ2n) is 11.2. The van der Waals surface area contributed by atoms with Gasteiger partial charge in [-0.25, -0.2) is 13.2 Å². The lowest BCUT2D eigenvalue weighted by Crippen LogP contribution is -2.18. The van der Waals surface area contributed by atoms with Crippen molar-refractivity contribution in [1.82, 2.24) is 0 Å². The van der Waals surface area contributed by atoms with E-state index in [0.717, 1.165) is 49.7 Å². The number of hydrogen-bond acceptors (Lipinski definition) is 1. The molecule has 2 aliphatic carbocycles. The lowest BCUT2D eigenvalue weighted by Gasteiger charge is -2.29. The van der Waals surface area contributed by atoms with Crippen LogP contribution in [0.3, 0.4) is 0 Å². The Morgan fingerprint density at radius 3 is 1.78 bits per heavy atom. The molecule has 0 unspecified atom stereocenters. The lowest BCUT2D eigenvalue weighted by molar-refractivity contribution is -0.275. The van der Waals surface area contributed by atoms with Crippen LogP contribution in [0.1, 0.15) is 95.5 Å². The van der Waals surface area contributed by atoms with Crippen LogP contribution in [0.5, 0.6) is 5.75 Å².